The van der Waals surface area contributed by atoms with Gasteiger partial charge < -0.3 is 14.2 Å². The Morgan fingerprint density at radius 1 is 1.10 bits per heavy atom. The van der Waals surface area contributed by atoms with Crippen molar-refractivity contribution < 1.29 is 33.5 Å². The lowest BCUT2D eigenvalue weighted by atomic mass is 10.1. The molecular formula is C20H13ClN2O8. The van der Waals surface area contributed by atoms with Crippen molar-refractivity contribution in [3.8, 4) is 11.5 Å². The number of benzene rings is 2. The first-order valence-electron chi connectivity index (χ1n) is 8.62. The molecule has 158 valence electrons. The monoisotopic (exact) mass is 444 g/mol. The van der Waals surface area contributed by atoms with Crippen LogP contribution < -0.4 is 9.47 Å². The third-order valence-corrected chi connectivity index (χ3v) is 4.11. The Morgan fingerprint density at radius 3 is 2.42 bits per heavy atom. The van der Waals surface area contributed by atoms with E-state index < -0.39 is 22.8 Å². The highest BCUT2D eigenvalue weighted by Gasteiger charge is 2.26. The van der Waals surface area contributed by atoms with Gasteiger partial charge in [0.15, 0.2) is 17.2 Å². The van der Waals surface area contributed by atoms with Crippen LogP contribution in [0.4, 0.5) is 5.69 Å². The molecule has 0 N–H and O–H groups in total. The van der Waals surface area contributed by atoms with E-state index in [1.54, 1.807) is 0 Å². The molecule has 0 radical (unpaired) electrons. The average Bonchev–Trinajstić information content (AvgIpc) is 3.03. The minimum Gasteiger partial charge on any atom is -0.423 e. The van der Waals surface area contributed by atoms with Crippen LogP contribution >= 0.6 is 11.6 Å². The molecule has 2 aromatic carbocycles. The highest BCUT2D eigenvalue weighted by atomic mass is 35.5. The van der Waals surface area contributed by atoms with E-state index in [1.807, 2.05) is 0 Å². The average molecular weight is 445 g/mol. The Kier molecular flexibility index (Phi) is 6.12. The first kappa shape index (κ1) is 21.7. The number of ether oxygens (including phenoxy) is 3. The number of rotatable bonds is 5. The van der Waals surface area contributed by atoms with Gasteiger partial charge in [-0.1, -0.05) is 17.7 Å². The largest absolute Gasteiger partial charge is 0.423 e. The second-order valence-electron chi connectivity index (χ2n) is 6.15. The number of nitro groups is 1. The zero-order chi connectivity index (χ0) is 22.7. The van der Waals surface area contributed by atoms with Crippen LogP contribution in [0.1, 0.15) is 25.0 Å². The summed E-state index contributed by atoms with van der Waals surface area (Å²) < 4.78 is 15.1. The number of hydrogen-bond acceptors (Lipinski definition) is 9. The van der Waals surface area contributed by atoms with Crippen molar-refractivity contribution in [3.63, 3.8) is 0 Å². The molecule has 0 aliphatic carbocycles. The fraction of sp³-hybridized carbons (Fsp3) is 0.100. The van der Waals surface area contributed by atoms with Gasteiger partial charge in [-0.15, -0.1) is 0 Å². The lowest BCUT2D eigenvalue weighted by molar-refractivity contribution is -0.384. The zero-order valence-electron chi connectivity index (χ0n) is 16.1. The van der Waals surface area contributed by atoms with Gasteiger partial charge in [0.05, 0.1) is 4.92 Å². The molecule has 0 bridgehead atoms. The van der Waals surface area contributed by atoms with Gasteiger partial charge >= 0.3 is 17.9 Å². The van der Waals surface area contributed by atoms with Crippen molar-refractivity contribution in [1.82, 2.24) is 0 Å². The summed E-state index contributed by atoms with van der Waals surface area (Å²) in [5.41, 5.74) is 0.133. The normalized spacial score (nSPS) is 14.1. The third kappa shape index (κ3) is 5.11. The molecule has 0 aromatic heterocycles. The van der Waals surface area contributed by atoms with Gasteiger partial charge in [-0.3, -0.25) is 19.7 Å². The van der Waals surface area contributed by atoms with E-state index in [-0.39, 0.29) is 39.4 Å². The van der Waals surface area contributed by atoms with Crippen LogP contribution in [0, 0.1) is 10.1 Å². The Bertz CT molecular complexity index is 1190. The molecule has 0 spiro atoms. The summed E-state index contributed by atoms with van der Waals surface area (Å²) in [6.07, 6.45) is 1.35. The molecule has 10 nitrogen and oxygen atoms in total. The van der Waals surface area contributed by atoms with Crippen molar-refractivity contribution in [2.75, 3.05) is 0 Å². The molecule has 3 rings (SSSR count). The van der Waals surface area contributed by atoms with E-state index in [2.05, 4.69) is 4.99 Å². The summed E-state index contributed by atoms with van der Waals surface area (Å²) in [6.45, 7) is 2.37. The third-order valence-electron chi connectivity index (χ3n) is 3.79. The maximum atomic E-state index is 12.2. The molecule has 1 aliphatic heterocycles. The van der Waals surface area contributed by atoms with Crippen LogP contribution in [-0.4, -0.2) is 28.7 Å². The van der Waals surface area contributed by atoms with Crippen LogP contribution in [0.5, 0.6) is 11.5 Å². The number of carbonyl (C=O) groups is 3. The van der Waals surface area contributed by atoms with Crippen molar-refractivity contribution in [2.45, 2.75) is 13.8 Å². The molecule has 0 fully saturated rings. The van der Waals surface area contributed by atoms with E-state index in [0.29, 0.717) is 5.56 Å². The maximum Gasteiger partial charge on any atom is 0.363 e. The summed E-state index contributed by atoms with van der Waals surface area (Å²) in [5.74, 6) is -2.16. The molecule has 0 atom stereocenters. The first-order chi connectivity index (χ1) is 14.6. The second-order valence-corrected chi connectivity index (χ2v) is 6.56. The molecule has 0 saturated heterocycles. The molecule has 0 saturated carbocycles. The fourth-order valence-electron chi connectivity index (χ4n) is 2.56. The second kappa shape index (κ2) is 8.76. The van der Waals surface area contributed by atoms with Gasteiger partial charge in [0, 0.05) is 25.5 Å². The summed E-state index contributed by atoms with van der Waals surface area (Å²) in [4.78, 5) is 49.2. The quantitative estimate of drug-likeness (QED) is 0.225. The summed E-state index contributed by atoms with van der Waals surface area (Å²) in [7, 11) is 0. The smallest absolute Gasteiger partial charge is 0.363 e. The highest BCUT2D eigenvalue weighted by molar-refractivity contribution is 6.32. The van der Waals surface area contributed by atoms with E-state index in [1.165, 1.54) is 50.3 Å². The molecule has 31 heavy (non-hydrogen) atoms. The lowest BCUT2D eigenvalue weighted by Crippen LogP contribution is -2.07. The van der Waals surface area contributed by atoms with Gasteiger partial charge in [0.1, 0.15) is 5.02 Å². The van der Waals surface area contributed by atoms with Crippen LogP contribution in [0.25, 0.3) is 6.08 Å². The molecule has 1 aliphatic rings. The van der Waals surface area contributed by atoms with Crippen molar-refractivity contribution >= 4 is 47.2 Å². The number of esters is 3. The number of halogens is 1. The fourth-order valence-corrected chi connectivity index (χ4v) is 2.75. The van der Waals surface area contributed by atoms with Crippen LogP contribution in [0.3, 0.4) is 0 Å². The molecule has 2 aromatic rings. The number of nitro benzene ring substituents is 1. The van der Waals surface area contributed by atoms with Gasteiger partial charge in [-0.2, -0.15) is 0 Å². The van der Waals surface area contributed by atoms with Gasteiger partial charge in [0.2, 0.25) is 5.90 Å². The maximum absolute atomic E-state index is 12.2. The summed E-state index contributed by atoms with van der Waals surface area (Å²) in [6, 6.07) is 8.14. The van der Waals surface area contributed by atoms with Crippen molar-refractivity contribution in [1.29, 1.82) is 0 Å². The minimum absolute atomic E-state index is 0.0245. The van der Waals surface area contributed by atoms with Crippen molar-refractivity contribution in [3.05, 3.63) is 68.4 Å². The van der Waals surface area contributed by atoms with E-state index in [9.17, 15) is 24.5 Å². The number of carbonyl (C=O) groups excluding carboxylic acids is 3. The predicted octanol–water partition coefficient (Wildman–Crippen LogP) is 3.44. The van der Waals surface area contributed by atoms with Crippen LogP contribution in [0.2, 0.25) is 5.02 Å². The SMILES string of the molecule is CC(=O)Oc1ccc(/C=C2/N=C(c3ccc(Cl)c([N+](=O)[O-])c3)OC2=O)cc1OC(C)=O. The first-order valence-corrected chi connectivity index (χ1v) is 8.99. The Hall–Kier alpha value is -4.05. The number of aliphatic imine (C=N–C) groups is 1. The van der Waals surface area contributed by atoms with Gasteiger partial charge in [-0.25, -0.2) is 9.79 Å². The number of hydrogen-bond donors (Lipinski definition) is 0. The molecule has 11 heteroatoms. The molecule has 1 heterocycles. The molecule has 0 unspecified atom stereocenters. The Balaban J connectivity index is 1.96. The van der Waals surface area contributed by atoms with Gasteiger partial charge in [-0.05, 0) is 35.9 Å². The number of cyclic esters (lactones) is 1. The molecular weight excluding hydrogens is 432 g/mol. The minimum atomic E-state index is -0.786. The molecule has 0 amide bonds. The Morgan fingerprint density at radius 2 is 1.77 bits per heavy atom. The zero-order valence-corrected chi connectivity index (χ0v) is 16.8. The van der Waals surface area contributed by atoms with E-state index in [4.69, 9.17) is 25.8 Å². The highest BCUT2D eigenvalue weighted by Crippen LogP contribution is 2.31. The summed E-state index contributed by atoms with van der Waals surface area (Å²) in [5, 5.41) is 11.0. The topological polar surface area (TPSA) is 134 Å². The van der Waals surface area contributed by atoms with Crippen LogP contribution in [-0.2, 0) is 19.1 Å². The lowest BCUT2D eigenvalue weighted by Gasteiger charge is -2.09. The van der Waals surface area contributed by atoms with E-state index >= 15 is 0 Å². The van der Waals surface area contributed by atoms with Crippen molar-refractivity contribution in [2.24, 2.45) is 4.99 Å². The Labute approximate surface area is 179 Å². The predicted molar refractivity (Wildman–Crippen MR) is 108 cm³/mol. The summed E-state index contributed by atoms with van der Waals surface area (Å²) >= 11 is 5.79. The van der Waals surface area contributed by atoms with E-state index in [0.717, 1.165) is 6.07 Å². The van der Waals surface area contributed by atoms with Gasteiger partial charge in [0.25, 0.3) is 5.69 Å². The standard InChI is InChI=1S/C20H13ClN2O8/c1-10(24)29-17-6-3-12(8-18(17)30-11(2)25)7-15-20(26)31-19(22-15)13-4-5-14(21)16(9-13)23(27)28/h3-9H,1-2H3/b15-7+. The van der Waals surface area contributed by atoms with Crippen LogP contribution in [0.15, 0.2) is 47.1 Å². The number of nitrogens with zero attached hydrogens (tertiary/aromatic N) is 2.